The lowest BCUT2D eigenvalue weighted by Gasteiger charge is -2.34. The molecule has 2 aliphatic rings. The molecule has 8 heteroatoms. The number of benzene rings is 2. The predicted molar refractivity (Wildman–Crippen MR) is 111 cm³/mol. The van der Waals surface area contributed by atoms with Crippen molar-refractivity contribution in [2.75, 3.05) is 13.1 Å². The van der Waals surface area contributed by atoms with Gasteiger partial charge >= 0.3 is 0 Å². The summed E-state index contributed by atoms with van der Waals surface area (Å²) in [6.07, 6.45) is 1.85. The summed E-state index contributed by atoms with van der Waals surface area (Å²) in [4.78, 5) is 27.3. The minimum atomic E-state index is -3.86. The summed E-state index contributed by atoms with van der Waals surface area (Å²) in [6, 6.07) is 10.5. The number of piperidine rings is 1. The summed E-state index contributed by atoms with van der Waals surface area (Å²) < 4.78 is 26.1. The maximum Gasteiger partial charge on any atom is 0.253 e. The highest BCUT2D eigenvalue weighted by molar-refractivity contribution is 7.91. The van der Waals surface area contributed by atoms with Crippen molar-refractivity contribution < 1.29 is 18.0 Å². The smallest absolute Gasteiger partial charge is 0.253 e. The molecule has 4 rings (SSSR count). The van der Waals surface area contributed by atoms with E-state index in [9.17, 15) is 18.0 Å². The number of carbonyl (C=O) groups excluding carboxylic acids is 2. The van der Waals surface area contributed by atoms with Crippen LogP contribution in [0.25, 0.3) is 0 Å². The molecule has 2 aromatic rings. The topological polar surface area (TPSA) is 97.5 Å². The number of hydrogen-bond donors (Lipinski definition) is 1. The predicted octanol–water partition coefficient (Wildman–Crippen LogP) is 2.69. The van der Waals surface area contributed by atoms with Gasteiger partial charge in [-0.2, -0.15) is 0 Å². The van der Waals surface area contributed by atoms with Gasteiger partial charge in [0.2, 0.25) is 9.84 Å². The van der Waals surface area contributed by atoms with Crippen LogP contribution in [0.1, 0.15) is 46.0 Å². The van der Waals surface area contributed by atoms with Crippen LogP contribution in [0, 0.1) is 5.92 Å². The van der Waals surface area contributed by atoms with Crippen LogP contribution < -0.4 is 5.73 Å². The van der Waals surface area contributed by atoms with Crippen LogP contribution >= 0.6 is 12.4 Å². The molecular formula is C21H23ClN2O4S. The van der Waals surface area contributed by atoms with Gasteiger partial charge in [-0.15, -0.1) is 12.4 Å². The fourth-order valence-electron chi connectivity index (χ4n) is 4.02. The fourth-order valence-corrected chi connectivity index (χ4v) is 5.70. The molecule has 0 saturated carbocycles. The number of fused-ring (bicyclic) bond motifs is 2. The van der Waals surface area contributed by atoms with Gasteiger partial charge in [-0.1, -0.05) is 12.1 Å². The molecule has 1 fully saturated rings. The molecule has 0 radical (unpaired) electrons. The Bertz CT molecular complexity index is 1080. The van der Waals surface area contributed by atoms with Gasteiger partial charge in [-0.3, -0.25) is 9.59 Å². The largest absolute Gasteiger partial charge is 0.338 e. The molecule has 6 nitrogen and oxygen atoms in total. The number of hydrogen-bond acceptors (Lipinski definition) is 5. The molecule has 2 atom stereocenters. The van der Waals surface area contributed by atoms with Crippen LogP contribution in [0.4, 0.5) is 0 Å². The van der Waals surface area contributed by atoms with Gasteiger partial charge in [0.05, 0.1) is 9.79 Å². The first kappa shape index (κ1) is 21.5. The molecule has 0 aliphatic carbocycles. The van der Waals surface area contributed by atoms with Gasteiger partial charge in [0.1, 0.15) is 0 Å². The molecule has 0 bridgehead atoms. The normalized spacial score (nSPS) is 20.8. The molecule has 1 saturated heterocycles. The van der Waals surface area contributed by atoms with Gasteiger partial charge < -0.3 is 10.6 Å². The third-order valence-corrected chi connectivity index (χ3v) is 7.52. The third-order valence-electron chi connectivity index (χ3n) is 5.67. The van der Waals surface area contributed by atoms with E-state index >= 15 is 0 Å². The average molecular weight is 435 g/mol. The summed E-state index contributed by atoms with van der Waals surface area (Å²) in [5.74, 6) is -0.336. The molecule has 2 aliphatic heterocycles. The first-order valence-electron chi connectivity index (χ1n) is 9.38. The Labute approximate surface area is 176 Å². The summed E-state index contributed by atoms with van der Waals surface area (Å²) in [6.45, 7) is 3.11. The highest BCUT2D eigenvalue weighted by atomic mass is 35.5. The quantitative estimate of drug-likeness (QED) is 0.668. The lowest BCUT2D eigenvalue weighted by Crippen LogP contribution is -2.45. The number of rotatable bonds is 2. The highest BCUT2D eigenvalue weighted by Gasteiger charge is 2.35. The van der Waals surface area contributed by atoms with E-state index in [-0.39, 0.29) is 62.5 Å². The standard InChI is InChI=1S/C21H22N2O4S.ClH/c1-13(22)15-5-4-10-23(12-15)21(25)14-8-9-17-19(11-14)28(26,27)18-7-3-2-6-16(18)20(17)24;/h2-3,6-9,11,13,15H,4-5,10,12,22H2,1H3;1H. The van der Waals surface area contributed by atoms with Crippen LogP contribution in [-0.2, 0) is 9.84 Å². The van der Waals surface area contributed by atoms with E-state index in [1.807, 2.05) is 6.92 Å². The van der Waals surface area contributed by atoms with E-state index in [0.29, 0.717) is 13.1 Å². The first-order valence-corrected chi connectivity index (χ1v) is 10.9. The summed E-state index contributed by atoms with van der Waals surface area (Å²) in [7, 11) is -3.86. The second-order valence-electron chi connectivity index (χ2n) is 7.55. The Hall–Kier alpha value is -2.22. The molecule has 2 N–H and O–H groups in total. The Morgan fingerprint density at radius 2 is 1.83 bits per heavy atom. The lowest BCUT2D eigenvalue weighted by atomic mass is 9.91. The molecular weight excluding hydrogens is 412 g/mol. The summed E-state index contributed by atoms with van der Waals surface area (Å²) >= 11 is 0. The van der Waals surface area contributed by atoms with Crippen molar-refractivity contribution >= 4 is 33.9 Å². The number of halogens is 1. The van der Waals surface area contributed by atoms with Gasteiger partial charge in [-0.25, -0.2) is 8.42 Å². The number of likely N-dealkylation sites (tertiary alicyclic amines) is 1. The molecule has 154 valence electrons. The number of nitrogens with two attached hydrogens (primary N) is 1. The number of nitrogens with zero attached hydrogens (tertiary/aromatic N) is 1. The zero-order valence-electron chi connectivity index (χ0n) is 16.0. The third kappa shape index (κ3) is 3.58. The minimum Gasteiger partial charge on any atom is -0.338 e. The summed E-state index contributed by atoms with van der Waals surface area (Å²) in [5.41, 5.74) is 6.56. The van der Waals surface area contributed by atoms with Gasteiger partial charge in [0.15, 0.2) is 5.78 Å². The average Bonchev–Trinajstić information content (AvgIpc) is 2.71. The minimum absolute atomic E-state index is 0. The van der Waals surface area contributed by atoms with Crippen LogP contribution in [0.3, 0.4) is 0 Å². The van der Waals surface area contributed by atoms with Crippen molar-refractivity contribution in [2.45, 2.75) is 35.6 Å². The van der Waals surface area contributed by atoms with Gasteiger partial charge in [0.25, 0.3) is 5.91 Å². The van der Waals surface area contributed by atoms with Gasteiger partial charge in [0, 0.05) is 35.8 Å². The SMILES string of the molecule is CC(N)C1CCCN(C(=O)c2ccc3c(c2)S(=O)(=O)c2ccccc2C3=O)C1.Cl. The van der Waals surface area contributed by atoms with E-state index in [0.717, 1.165) is 12.8 Å². The lowest BCUT2D eigenvalue weighted by molar-refractivity contribution is 0.0660. The van der Waals surface area contributed by atoms with Crippen molar-refractivity contribution in [3.8, 4) is 0 Å². The zero-order chi connectivity index (χ0) is 20.1. The van der Waals surface area contributed by atoms with E-state index in [2.05, 4.69) is 0 Å². The van der Waals surface area contributed by atoms with Gasteiger partial charge in [-0.05, 0) is 56.0 Å². The Balaban J connectivity index is 0.00000240. The number of carbonyl (C=O) groups is 2. The molecule has 0 aromatic heterocycles. The van der Waals surface area contributed by atoms with Crippen LogP contribution in [0.2, 0.25) is 0 Å². The number of amides is 1. The van der Waals surface area contributed by atoms with Crippen molar-refractivity contribution in [3.63, 3.8) is 0 Å². The first-order chi connectivity index (χ1) is 13.3. The van der Waals surface area contributed by atoms with Crippen molar-refractivity contribution in [1.82, 2.24) is 4.90 Å². The Morgan fingerprint density at radius 3 is 2.55 bits per heavy atom. The van der Waals surface area contributed by atoms with E-state index in [1.54, 1.807) is 17.0 Å². The Kier molecular flexibility index (Phi) is 5.85. The van der Waals surface area contributed by atoms with Crippen molar-refractivity contribution in [3.05, 3.63) is 59.2 Å². The highest BCUT2D eigenvalue weighted by Crippen LogP contribution is 2.35. The van der Waals surface area contributed by atoms with E-state index < -0.39 is 9.84 Å². The maximum atomic E-state index is 13.0. The van der Waals surface area contributed by atoms with Crippen molar-refractivity contribution in [2.24, 2.45) is 11.7 Å². The van der Waals surface area contributed by atoms with Crippen molar-refractivity contribution in [1.29, 1.82) is 0 Å². The van der Waals surface area contributed by atoms with E-state index in [4.69, 9.17) is 5.73 Å². The molecule has 0 spiro atoms. The number of sulfone groups is 1. The molecule has 2 unspecified atom stereocenters. The Morgan fingerprint density at radius 1 is 1.14 bits per heavy atom. The molecule has 2 heterocycles. The molecule has 29 heavy (non-hydrogen) atoms. The second-order valence-corrected chi connectivity index (χ2v) is 9.44. The van der Waals surface area contributed by atoms with Crippen LogP contribution in [-0.4, -0.2) is 44.1 Å². The summed E-state index contributed by atoms with van der Waals surface area (Å²) in [5, 5.41) is 0. The molecule has 2 aromatic carbocycles. The monoisotopic (exact) mass is 434 g/mol. The van der Waals surface area contributed by atoms with E-state index in [1.165, 1.54) is 30.3 Å². The maximum absolute atomic E-state index is 13.0. The fraction of sp³-hybridized carbons (Fsp3) is 0.333. The molecule has 1 amide bonds. The number of ketones is 1. The second kappa shape index (κ2) is 7.89. The van der Waals surface area contributed by atoms with Crippen LogP contribution in [0.15, 0.2) is 52.3 Å². The van der Waals surface area contributed by atoms with Crippen LogP contribution in [0.5, 0.6) is 0 Å². The zero-order valence-corrected chi connectivity index (χ0v) is 17.6.